The van der Waals surface area contributed by atoms with Gasteiger partial charge in [-0.05, 0) is 51.0 Å². The molecule has 1 unspecified atom stereocenters. The first-order valence-electron chi connectivity index (χ1n) is 8.89. The summed E-state index contributed by atoms with van der Waals surface area (Å²) < 4.78 is 5.85. The van der Waals surface area contributed by atoms with E-state index in [0.717, 1.165) is 24.7 Å². The number of carbonyl (C=O) groups excluding carboxylic acids is 1. The van der Waals surface area contributed by atoms with E-state index in [-0.39, 0.29) is 17.8 Å². The summed E-state index contributed by atoms with van der Waals surface area (Å²) in [5.74, 6) is 0.710. The highest BCUT2D eigenvalue weighted by molar-refractivity contribution is 6.06. The Balaban J connectivity index is 2.01. The molecule has 1 atom stereocenters. The summed E-state index contributed by atoms with van der Waals surface area (Å²) in [6.45, 7) is 4.34. The number of ether oxygens (including phenoxy) is 1. The number of hydrogen-bond acceptors (Lipinski definition) is 5. The second kappa shape index (κ2) is 7.99. The smallest absolute Gasteiger partial charge is 0.260 e. The number of anilines is 1. The number of pyridine rings is 1. The number of fused-ring (bicyclic) bond motifs is 3. The van der Waals surface area contributed by atoms with Gasteiger partial charge in [-0.25, -0.2) is 4.98 Å². The monoisotopic (exact) mass is 365 g/mol. The van der Waals surface area contributed by atoms with E-state index in [0.29, 0.717) is 29.4 Å². The Morgan fingerprint density at radius 1 is 1.33 bits per heavy atom. The van der Waals surface area contributed by atoms with Crippen LogP contribution in [0.2, 0.25) is 0 Å². The standard InChI is InChI=1S/C20H23N5O2/c1-13-8-9-17-15(11-13)20(26)24-18-7-3-6-16(23-18)19(22)25(12-21)14(2)5-4-10-27-17/h3,6-9,11-12,14,21-22H,4-5,10H2,1-2H3,(H,23,24,26). The lowest BCUT2D eigenvalue weighted by Gasteiger charge is -2.27. The second-order valence-corrected chi connectivity index (χ2v) is 6.59. The van der Waals surface area contributed by atoms with Gasteiger partial charge in [-0.15, -0.1) is 0 Å². The number of aromatic nitrogens is 1. The molecule has 3 N–H and O–H groups in total. The molecule has 27 heavy (non-hydrogen) atoms. The zero-order valence-corrected chi connectivity index (χ0v) is 15.5. The molecule has 0 spiro atoms. The van der Waals surface area contributed by atoms with Gasteiger partial charge >= 0.3 is 0 Å². The summed E-state index contributed by atoms with van der Waals surface area (Å²) in [7, 11) is 0. The Bertz CT molecular complexity index is 880. The summed E-state index contributed by atoms with van der Waals surface area (Å²) in [4.78, 5) is 18.7. The van der Waals surface area contributed by atoms with Crippen molar-refractivity contribution in [2.24, 2.45) is 0 Å². The summed E-state index contributed by atoms with van der Waals surface area (Å²) >= 11 is 0. The lowest BCUT2D eigenvalue weighted by molar-refractivity contribution is 0.102. The van der Waals surface area contributed by atoms with E-state index in [1.807, 2.05) is 26.0 Å². The molecule has 1 aliphatic rings. The molecule has 0 saturated heterocycles. The largest absolute Gasteiger partial charge is 0.493 e. The van der Waals surface area contributed by atoms with Gasteiger partial charge in [-0.2, -0.15) is 0 Å². The van der Waals surface area contributed by atoms with Gasteiger partial charge in [-0.3, -0.25) is 15.6 Å². The molecule has 3 rings (SSSR count). The van der Waals surface area contributed by atoms with E-state index in [1.54, 1.807) is 29.2 Å². The molecule has 2 aromatic rings. The van der Waals surface area contributed by atoms with E-state index in [4.69, 9.17) is 15.6 Å². The van der Waals surface area contributed by atoms with Crippen LogP contribution in [0.1, 0.15) is 41.4 Å². The van der Waals surface area contributed by atoms with Crippen molar-refractivity contribution in [3.05, 3.63) is 53.2 Å². The van der Waals surface area contributed by atoms with Crippen LogP contribution in [0.5, 0.6) is 5.75 Å². The van der Waals surface area contributed by atoms with Gasteiger partial charge in [0, 0.05) is 6.04 Å². The van der Waals surface area contributed by atoms with Crippen LogP contribution in [-0.2, 0) is 0 Å². The van der Waals surface area contributed by atoms with Gasteiger partial charge in [0.2, 0.25) is 0 Å². The third-order valence-corrected chi connectivity index (χ3v) is 4.51. The van der Waals surface area contributed by atoms with E-state index in [2.05, 4.69) is 10.3 Å². The third kappa shape index (κ3) is 4.13. The minimum Gasteiger partial charge on any atom is -0.493 e. The topological polar surface area (TPSA) is 102 Å². The summed E-state index contributed by atoms with van der Waals surface area (Å²) in [5, 5.41) is 18.9. The first-order valence-corrected chi connectivity index (χ1v) is 8.89. The van der Waals surface area contributed by atoms with Crippen molar-refractivity contribution in [1.82, 2.24) is 9.88 Å². The fraction of sp³-hybridized carbons (Fsp3) is 0.300. The van der Waals surface area contributed by atoms with Gasteiger partial charge in [0.05, 0.1) is 18.5 Å². The highest BCUT2D eigenvalue weighted by Gasteiger charge is 2.20. The molecule has 1 amide bonds. The minimum atomic E-state index is -0.306. The van der Waals surface area contributed by atoms with Gasteiger partial charge in [0.25, 0.3) is 5.91 Å². The van der Waals surface area contributed by atoms with Crippen LogP contribution in [0.3, 0.4) is 0 Å². The fourth-order valence-electron chi connectivity index (χ4n) is 3.01. The predicted octanol–water partition coefficient (Wildman–Crippen LogP) is 3.44. The van der Waals surface area contributed by atoms with Gasteiger partial charge < -0.3 is 15.0 Å². The number of amidine groups is 1. The number of carbonyl (C=O) groups is 1. The molecule has 7 heteroatoms. The zero-order chi connectivity index (χ0) is 19.4. The van der Waals surface area contributed by atoms with Crippen molar-refractivity contribution < 1.29 is 9.53 Å². The van der Waals surface area contributed by atoms with Crippen LogP contribution in [0.4, 0.5) is 5.82 Å². The maximum atomic E-state index is 12.8. The van der Waals surface area contributed by atoms with Crippen molar-refractivity contribution in [1.29, 1.82) is 10.8 Å². The molecule has 0 saturated carbocycles. The van der Waals surface area contributed by atoms with E-state index in [1.165, 1.54) is 0 Å². The van der Waals surface area contributed by atoms with Gasteiger partial charge in [0.15, 0.2) is 5.84 Å². The van der Waals surface area contributed by atoms with Crippen LogP contribution in [-0.4, -0.2) is 40.6 Å². The number of hydrogen-bond donors (Lipinski definition) is 3. The number of nitrogens with one attached hydrogen (secondary N) is 3. The highest BCUT2D eigenvalue weighted by atomic mass is 16.5. The first kappa shape index (κ1) is 18.6. The maximum Gasteiger partial charge on any atom is 0.260 e. The Morgan fingerprint density at radius 2 is 2.15 bits per heavy atom. The summed E-state index contributed by atoms with van der Waals surface area (Å²) in [5.41, 5.74) is 1.83. The minimum absolute atomic E-state index is 0.0425. The number of rotatable bonds is 1. The van der Waals surface area contributed by atoms with Crippen LogP contribution in [0, 0.1) is 17.7 Å². The van der Waals surface area contributed by atoms with Crippen LogP contribution < -0.4 is 10.1 Å². The SMILES string of the molecule is Cc1ccc2c(c1)C(=O)Nc1cccc(n1)C(=N)N(C=N)C(C)CCCO2. The molecule has 1 aromatic carbocycles. The lowest BCUT2D eigenvalue weighted by atomic mass is 10.1. The van der Waals surface area contributed by atoms with Gasteiger partial charge in [-0.1, -0.05) is 17.7 Å². The summed E-state index contributed by atoms with van der Waals surface area (Å²) in [6, 6.07) is 10.6. The van der Waals surface area contributed by atoms with Crippen LogP contribution >= 0.6 is 0 Å². The zero-order valence-electron chi connectivity index (χ0n) is 15.5. The van der Waals surface area contributed by atoms with Crippen molar-refractivity contribution in [3.63, 3.8) is 0 Å². The third-order valence-electron chi connectivity index (χ3n) is 4.51. The molecule has 1 aromatic heterocycles. The number of nitrogens with zero attached hydrogens (tertiary/aromatic N) is 2. The highest BCUT2D eigenvalue weighted by Crippen LogP contribution is 2.23. The molecule has 0 aliphatic carbocycles. The molecular weight excluding hydrogens is 342 g/mol. The first-order chi connectivity index (χ1) is 13.0. The number of amides is 1. The Labute approximate surface area is 158 Å². The summed E-state index contributed by atoms with van der Waals surface area (Å²) in [6.07, 6.45) is 2.62. The predicted molar refractivity (Wildman–Crippen MR) is 105 cm³/mol. The molecule has 2 bridgehead atoms. The molecule has 140 valence electrons. The van der Waals surface area contributed by atoms with Crippen molar-refractivity contribution in [2.45, 2.75) is 32.7 Å². The van der Waals surface area contributed by atoms with Crippen molar-refractivity contribution >= 4 is 23.9 Å². The Kier molecular flexibility index (Phi) is 5.49. The van der Waals surface area contributed by atoms with Crippen molar-refractivity contribution in [3.8, 4) is 5.75 Å². The molecule has 1 aliphatic heterocycles. The number of benzene rings is 1. The molecule has 0 radical (unpaired) electrons. The maximum absolute atomic E-state index is 12.8. The quantitative estimate of drug-likeness (QED) is 0.532. The molecule has 0 fully saturated rings. The lowest BCUT2D eigenvalue weighted by Crippen LogP contribution is -2.38. The van der Waals surface area contributed by atoms with Gasteiger partial charge in [0.1, 0.15) is 17.3 Å². The Hall–Kier alpha value is -3.22. The fourth-order valence-corrected chi connectivity index (χ4v) is 3.01. The second-order valence-electron chi connectivity index (χ2n) is 6.59. The van der Waals surface area contributed by atoms with E-state index in [9.17, 15) is 4.79 Å². The van der Waals surface area contributed by atoms with Crippen LogP contribution in [0.15, 0.2) is 36.4 Å². The van der Waals surface area contributed by atoms with E-state index >= 15 is 0 Å². The van der Waals surface area contributed by atoms with Crippen molar-refractivity contribution in [2.75, 3.05) is 11.9 Å². The molecule has 2 heterocycles. The average Bonchev–Trinajstić information content (AvgIpc) is 2.66. The molecular formula is C20H23N5O2. The van der Waals surface area contributed by atoms with Crippen LogP contribution in [0.25, 0.3) is 0 Å². The Morgan fingerprint density at radius 3 is 2.93 bits per heavy atom. The average molecular weight is 365 g/mol. The normalized spacial score (nSPS) is 18.0. The van der Waals surface area contributed by atoms with E-state index < -0.39 is 0 Å². The molecule has 7 nitrogen and oxygen atoms in total. The number of aryl methyl sites for hydroxylation is 1.